The van der Waals surface area contributed by atoms with Gasteiger partial charge in [-0.2, -0.15) is 26.3 Å². The molecule has 0 aromatic heterocycles. The van der Waals surface area contributed by atoms with Crippen molar-refractivity contribution in [2.45, 2.75) is 75.2 Å². The summed E-state index contributed by atoms with van der Waals surface area (Å²) in [5.41, 5.74) is 4.52. The Hall–Kier alpha value is -6.86. The van der Waals surface area contributed by atoms with Gasteiger partial charge in [-0.15, -0.1) is 0 Å². The third kappa shape index (κ3) is 9.48. The van der Waals surface area contributed by atoms with Gasteiger partial charge in [-0.1, -0.05) is 219 Å². The zero-order chi connectivity index (χ0) is 50.8. The normalized spacial score (nSPS) is 20.7. The first-order valence-electron chi connectivity index (χ1n) is 25.6. The fraction of sp³-hybridized carbons (Fsp3) is 0.238. The fourth-order valence-corrected chi connectivity index (χ4v) is 15.3. The van der Waals surface area contributed by atoms with Crippen LogP contribution in [0, 0.1) is 17.3 Å². The van der Waals surface area contributed by atoms with E-state index in [0.717, 1.165) is 75.8 Å². The average Bonchev–Trinajstić information content (AvgIpc) is 3.77. The fourth-order valence-electron chi connectivity index (χ4n) is 12.8. The third-order valence-corrected chi connectivity index (χ3v) is 18.2. The molecular weight excluding hydrogens is 961 g/mol. The molecule has 0 heterocycles. The van der Waals surface area contributed by atoms with Crippen LogP contribution >= 0.6 is 0 Å². The molecule has 376 valence electrons. The molecule has 3 aliphatic carbocycles. The van der Waals surface area contributed by atoms with E-state index in [2.05, 4.69) is 16.4 Å². The van der Waals surface area contributed by atoms with Gasteiger partial charge in [0.15, 0.2) is 11.5 Å². The Bertz CT molecular complexity index is 3220. The minimum atomic E-state index is -4.59. The van der Waals surface area contributed by atoms with Crippen LogP contribution in [0.5, 0.6) is 11.5 Å². The van der Waals surface area contributed by atoms with Crippen molar-refractivity contribution in [3.8, 4) is 11.5 Å². The van der Waals surface area contributed by atoms with Crippen molar-refractivity contribution >= 4 is 20.6 Å². The number of rotatable bonds is 17. The molecule has 11 heteroatoms. The van der Waals surface area contributed by atoms with E-state index in [9.17, 15) is 16.8 Å². The van der Waals surface area contributed by atoms with Crippen LogP contribution in [-0.2, 0) is 48.9 Å². The van der Waals surface area contributed by atoms with Gasteiger partial charge >= 0.3 is 20.6 Å². The maximum atomic E-state index is 14.9. The van der Waals surface area contributed by atoms with E-state index in [1.54, 1.807) is 0 Å². The minimum Gasteiger partial charge on any atom is -0.485 e. The number of hydrogen-bond acceptors (Lipinski definition) is 7. The average molecular weight is 1020 g/mol. The van der Waals surface area contributed by atoms with Gasteiger partial charge in [0.2, 0.25) is 0 Å². The van der Waals surface area contributed by atoms with Crippen LogP contribution in [0.25, 0.3) is 0 Å². The molecule has 3 aliphatic rings. The van der Waals surface area contributed by atoms with Crippen molar-refractivity contribution in [3.05, 3.63) is 275 Å². The van der Waals surface area contributed by atoms with Crippen LogP contribution in [0.4, 0.5) is 0 Å². The zero-order valence-corrected chi connectivity index (χ0v) is 42.9. The van der Waals surface area contributed by atoms with Gasteiger partial charge in [-0.3, -0.25) is 4.18 Å². The molecule has 0 unspecified atom stereocenters. The van der Waals surface area contributed by atoms with E-state index in [1.807, 2.05) is 224 Å². The maximum Gasteiger partial charge on any atom is 0.384 e. The summed E-state index contributed by atoms with van der Waals surface area (Å²) in [5, 5.41) is 0. The van der Waals surface area contributed by atoms with E-state index >= 15 is 0 Å². The monoisotopic (exact) mass is 1020 g/mol. The predicted molar refractivity (Wildman–Crippen MR) is 290 cm³/mol. The lowest BCUT2D eigenvalue weighted by atomic mass is 9.55. The molecule has 8 aromatic rings. The van der Waals surface area contributed by atoms with Gasteiger partial charge < -0.3 is 8.92 Å². The highest BCUT2D eigenvalue weighted by molar-refractivity contribution is 7.85. The second-order valence-electron chi connectivity index (χ2n) is 20.3. The summed E-state index contributed by atoms with van der Waals surface area (Å²) >= 11 is 0. The van der Waals surface area contributed by atoms with Crippen LogP contribution in [0.1, 0.15) is 95.0 Å². The summed E-state index contributed by atoms with van der Waals surface area (Å²) in [7, 11) is -8.97. The lowest BCUT2D eigenvalue weighted by Gasteiger charge is -2.50. The number of benzene rings is 8. The molecule has 74 heavy (non-hydrogen) atoms. The van der Waals surface area contributed by atoms with Gasteiger partial charge in [0, 0.05) is 0 Å². The highest BCUT2D eigenvalue weighted by atomic mass is 32.2. The SMILES string of the molecule is C[C@]12CC[C@@H]3c4cc(OCc5ccccc5)c(OS(=O)(=O)NC(c5ccccc5)(c5ccccc5)c5ccccc5)cc4CC[C@H]3[C@@H]1CC[C@@H]2OS(=O)(=O)NC(c1ccccc1)(c1ccccc1)c1ccccc1. The molecule has 5 atom stereocenters. The van der Waals surface area contributed by atoms with E-state index < -0.39 is 43.2 Å². The highest BCUT2D eigenvalue weighted by Gasteiger charge is 2.57. The Morgan fingerprint density at radius 2 is 0.919 bits per heavy atom. The molecule has 0 saturated heterocycles. The first-order valence-corrected chi connectivity index (χ1v) is 28.4. The molecule has 2 saturated carbocycles. The first kappa shape index (κ1) is 49.4. The Morgan fingerprint density at radius 3 is 1.36 bits per heavy atom. The van der Waals surface area contributed by atoms with Crippen molar-refractivity contribution in [1.29, 1.82) is 0 Å². The van der Waals surface area contributed by atoms with Crippen molar-refractivity contribution in [2.24, 2.45) is 17.3 Å². The van der Waals surface area contributed by atoms with Crippen LogP contribution in [0.3, 0.4) is 0 Å². The molecular formula is C63H60N2O7S2. The molecule has 2 N–H and O–H groups in total. The van der Waals surface area contributed by atoms with Crippen molar-refractivity contribution in [3.63, 3.8) is 0 Å². The zero-order valence-electron chi connectivity index (χ0n) is 41.3. The van der Waals surface area contributed by atoms with Crippen molar-refractivity contribution in [1.82, 2.24) is 9.44 Å². The van der Waals surface area contributed by atoms with E-state index in [4.69, 9.17) is 13.1 Å². The molecule has 2 fully saturated rings. The second kappa shape index (κ2) is 20.5. The molecule has 0 aliphatic heterocycles. The molecule has 0 radical (unpaired) electrons. The summed E-state index contributed by atoms with van der Waals surface area (Å²) in [6.45, 7) is 2.42. The molecule has 0 amide bonds. The quantitative estimate of drug-likeness (QED) is 0.0872. The molecule has 9 nitrogen and oxygen atoms in total. The largest absolute Gasteiger partial charge is 0.485 e. The minimum absolute atomic E-state index is 0.110. The number of ether oxygens (including phenoxy) is 1. The molecule has 0 spiro atoms. The molecule has 11 rings (SSSR count). The summed E-state index contributed by atoms with van der Waals surface area (Å²) in [4.78, 5) is 0. The smallest absolute Gasteiger partial charge is 0.384 e. The maximum absolute atomic E-state index is 14.9. The van der Waals surface area contributed by atoms with E-state index in [0.29, 0.717) is 18.6 Å². The van der Waals surface area contributed by atoms with E-state index in [-0.39, 0.29) is 30.1 Å². The summed E-state index contributed by atoms with van der Waals surface area (Å²) in [6.07, 6.45) is 3.97. The number of aryl methyl sites for hydroxylation is 1. The van der Waals surface area contributed by atoms with Gasteiger partial charge in [0.1, 0.15) is 17.7 Å². The Morgan fingerprint density at radius 1 is 0.500 bits per heavy atom. The predicted octanol–water partition coefficient (Wildman–Crippen LogP) is 12.5. The first-order chi connectivity index (χ1) is 36.0. The van der Waals surface area contributed by atoms with Crippen molar-refractivity contribution in [2.75, 3.05) is 0 Å². The summed E-state index contributed by atoms with van der Waals surface area (Å²) in [6, 6.07) is 71.4. The van der Waals surface area contributed by atoms with Crippen LogP contribution < -0.4 is 18.4 Å². The number of nitrogens with one attached hydrogen (secondary N) is 2. The van der Waals surface area contributed by atoms with Gasteiger partial charge in [-0.05, 0) is 124 Å². The van der Waals surface area contributed by atoms with Gasteiger partial charge in [0.05, 0.1) is 6.10 Å². The standard InChI is InChI=1S/C63H60N2O7S2/c1-61-42-41-54-55(57(61)39-40-60(61)72-74(68,69)65-63(51-31-17-6-18-32-51,52-33-19-7-20-34-52)53-35-21-8-22-36-53)38-37-47-43-59(58(44-56(47)54)70-45-46-23-9-2-10-24-46)71-73(66,67)64-62(48-25-11-3-12-26-48,49-27-13-4-14-28-49)50-29-15-5-16-30-50/h2-36,43-44,54-55,57,60,64-65H,37-42,45H2,1H3/t54-,55+,57-,60-,61-/m0/s1. The molecule has 8 aromatic carbocycles. The number of fused-ring (bicyclic) bond motifs is 5. The highest BCUT2D eigenvalue weighted by Crippen LogP contribution is 2.62. The van der Waals surface area contributed by atoms with Gasteiger partial charge in [-0.25, -0.2) is 0 Å². The third-order valence-electron chi connectivity index (χ3n) is 16.2. The molecule has 0 bridgehead atoms. The van der Waals surface area contributed by atoms with Gasteiger partial charge in [0.25, 0.3) is 0 Å². The topological polar surface area (TPSA) is 120 Å². The van der Waals surface area contributed by atoms with Crippen LogP contribution in [-0.4, -0.2) is 22.9 Å². The van der Waals surface area contributed by atoms with Crippen LogP contribution in [0.15, 0.2) is 224 Å². The number of hydrogen-bond donors (Lipinski definition) is 2. The lowest BCUT2D eigenvalue weighted by Crippen LogP contribution is -2.51. The Labute approximate surface area is 436 Å². The Balaban J connectivity index is 0.897. The summed E-state index contributed by atoms with van der Waals surface area (Å²) in [5.74, 6) is 1.01. The second-order valence-corrected chi connectivity index (χ2v) is 22.9. The van der Waals surface area contributed by atoms with Crippen LogP contribution in [0.2, 0.25) is 0 Å². The lowest BCUT2D eigenvalue weighted by molar-refractivity contribution is -0.00901. The van der Waals surface area contributed by atoms with Crippen molar-refractivity contribution < 1.29 is 29.9 Å². The summed E-state index contributed by atoms with van der Waals surface area (Å²) < 4.78 is 84.9. The van der Waals surface area contributed by atoms with E-state index in [1.165, 1.54) is 0 Å². The Kier molecular flexibility index (Phi) is 13.6.